The number of nitro benzene ring substituents is 1. The van der Waals surface area contributed by atoms with Gasteiger partial charge < -0.3 is 5.73 Å². The number of anilines is 1. The van der Waals surface area contributed by atoms with Crippen molar-refractivity contribution < 1.29 is 4.92 Å². The standard InChI is InChI=1S/C9H11ClN2O2S/c10-4-1-5-15-7-2-3-8(11)9(6-7)12(13)14/h2-3,6H,1,4-5,11H2. The van der Waals surface area contributed by atoms with E-state index in [1.165, 1.54) is 6.07 Å². The van der Waals surface area contributed by atoms with Gasteiger partial charge in [0, 0.05) is 16.8 Å². The van der Waals surface area contributed by atoms with Gasteiger partial charge in [-0.15, -0.1) is 23.4 Å². The maximum atomic E-state index is 10.6. The predicted octanol–water partition coefficient (Wildman–Crippen LogP) is 2.90. The van der Waals surface area contributed by atoms with Gasteiger partial charge in [0.1, 0.15) is 5.69 Å². The molecule has 0 fully saturated rings. The molecule has 15 heavy (non-hydrogen) atoms. The maximum Gasteiger partial charge on any atom is 0.293 e. The zero-order valence-electron chi connectivity index (χ0n) is 7.98. The van der Waals surface area contributed by atoms with E-state index >= 15 is 0 Å². The zero-order valence-corrected chi connectivity index (χ0v) is 9.55. The lowest BCUT2D eigenvalue weighted by Crippen LogP contribution is -1.95. The number of benzene rings is 1. The van der Waals surface area contributed by atoms with Crippen molar-refractivity contribution in [3.8, 4) is 0 Å². The smallest absolute Gasteiger partial charge is 0.293 e. The minimum absolute atomic E-state index is 0.0362. The van der Waals surface area contributed by atoms with E-state index in [0.29, 0.717) is 5.88 Å². The molecule has 0 amide bonds. The Morgan fingerprint density at radius 2 is 2.27 bits per heavy atom. The van der Waals surface area contributed by atoms with Crippen molar-refractivity contribution in [1.29, 1.82) is 0 Å². The second kappa shape index (κ2) is 5.82. The van der Waals surface area contributed by atoms with Gasteiger partial charge in [-0.1, -0.05) is 0 Å². The molecule has 0 unspecified atom stereocenters. The van der Waals surface area contributed by atoms with E-state index < -0.39 is 4.92 Å². The molecule has 0 aromatic heterocycles. The first kappa shape index (κ1) is 12.1. The summed E-state index contributed by atoms with van der Waals surface area (Å²) in [7, 11) is 0. The van der Waals surface area contributed by atoms with Gasteiger partial charge in [-0.2, -0.15) is 0 Å². The number of hydrogen-bond acceptors (Lipinski definition) is 4. The van der Waals surface area contributed by atoms with Crippen molar-refractivity contribution in [1.82, 2.24) is 0 Å². The highest BCUT2D eigenvalue weighted by atomic mass is 35.5. The van der Waals surface area contributed by atoms with E-state index in [4.69, 9.17) is 17.3 Å². The van der Waals surface area contributed by atoms with Crippen LogP contribution in [0, 0.1) is 10.1 Å². The highest BCUT2D eigenvalue weighted by Crippen LogP contribution is 2.28. The molecule has 0 atom stereocenters. The summed E-state index contributed by atoms with van der Waals surface area (Å²) in [5, 5.41) is 10.6. The van der Waals surface area contributed by atoms with Gasteiger partial charge in [0.2, 0.25) is 0 Å². The molecule has 0 radical (unpaired) electrons. The Morgan fingerprint density at radius 3 is 2.87 bits per heavy atom. The molecule has 2 N–H and O–H groups in total. The first-order valence-electron chi connectivity index (χ1n) is 4.38. The van der Waals surface area contributed by atoms with Crippen LogP contribution in [0.25, 0.3) is 0 Å². The second-order valence-electron chi connectivity index (χ2n) is 2.87. The Bertz CT molecular complexity index is 360. The number of thioether (sulfide) groups is 1. The largest absolute Gasteiger partial charge is 0.393 e. The van der Waals surface area contributed by atoms with Gasteiger partial charge in [0.25, 0.3) is 5.69 Å². The molecule has 1 aromatic rings. The van der Waals surface area contributed by atoms with E-state index in [-0.39, 0.29) is 11.4 Å². The summed E-state index contributed by atoms with van der Waals surface area (Å²) in [6.45, 7) is 0. The molecule has 0 aliphatic rings. The lowest BCUT2D eigenvalue weighted by molar-refractivity contribution is -0.384. The summed E-state index contributed by atoms with van der Waals surface area (Å²) in [4.78, 5) is 11.0. The highest BCUT2D eigenvalue weighted by Gasteiger charge is 2.11. The molecule has 0 spiro atoms. The third-order valence-corrected chi connectivity index (χ3v) is 3.09. The van der Waals surface area contributed by atoms with Crippen LogP contribution in [0.15, 0.2) is 23.1 Å². The summed E-state index contributed by atoms with van der Waals surface area (Å²) in [6, 6.07) is 4.83. The summed E-state index contributed by atoms with van der Waals surface area (Å²) >= 11 is 7.07. The zero-order chi connectivity index (χ0) is 11.3. The Balaban J connectivity index is 2.74. The van der Waals surface area contributed by atoms with E-state index in [2.05, 4.69) is 0 Å². The van der Waals surface area contributed by atoms with Crippen LogP contribution in [-0.4, -0.2) is 16.6 Å². The van der Waals surface area contributed by atoms with Gasteiger partial charge in [0.05, 0.1) is 4.92 Å². The molecule has 0 saturated heterocycles. The Morgan fingerprint density at radius 1 is 1.53 bits per heavy atom. The second-order valence-corrected chi connectivity index (χ2v) is 4.42. The lowest BCUT2D eigenvalue weighted by atomic mass is 10.3. The average molecular weight is 247 g/mol. The highest BCUT2D eigenvalue weighted by molar-refractivity contribution is 7.99. The topological polar surface area (TPSA) is 69.2 Å². The summed E-state index contributed by atoms with van der Waals surface area (Å²) in [6.07, 6.45) is 0.879. The number of alkyl halides is 1. The fourth-order valence-electron chi connectivity index (χ4n) is 1.02. The van der Waals surface area contributed by atoms with Gasteiger partial charge in [0.15, 0.2) is 0 Å². The Labute approximate surface area is 96.9 Å². The van der Waals surface area contributed by atoms with Crippen LogP contribution < -0.4 is 5.73 Å². The minimum Gasteiger partial charge on any atom is -0.393 e. The average Bonchev–Trinajstić information content (AvgIpc) is 2.20. The molecule has 0 heterocycles. The lowest BCUT2D eigenvalue weighted by Gasteiger charge is -2.01. The molecule has 6 heteroatoms. The van der Waals surface area contributed by atoms with Gasteiger partial charge in [-0.25, -0.2) is 0 Å². The third-order valence-electron chi connectivity index (χ3n) is 1.75. The quantitative estimate of drug-likeness (QED) is 0.217. The summed E-state index contributed by atoms with van der Waals surface area (Å²) < 4.78 is 0. The molecule has 4 nitrogen and oxygen atoms in total. The van der Waals surface area contributed by atoms with Crippen LogP contribution in [0.3, 0.4) is 0 Å². The first-order valence-corrected chi connectivity index (χ1v) is 5.90. The van der Waals surface area contributed by atoms with E-state index in [0.717, 1.165) is 17.1 Å². The number of nitrogen functional groups attached to an aromatic ring is 1. The number of hydrogen-bond donors (Lipinski definition) is 1. The van der Waals surface area contributed by atoms with E-state index in [1.807, 2.05) is 0 Å². The fraction of sp³-hybridized carbons (Fsp3) is 0.333. The Hall–Kier alpha value is -0.940. The fourth-order valence-corrected chi connectivity index (χ4v) is 2.19. The van der Waals surface area contributed by atoms with Crippen molar-refractivity contribution in [3.05, 3.63) is 28.3 Å². The number of nitrogens with two attached hydrogens (primary N) is 1. The number of nitrogens with zero attached hydrogens (tertiary/aromatic N) is 1. The number of rotatable bonds is 5. The molecule has 0 aliphatic carbocycles. The van der Waals surface area contributed by atoms with Gasteiger partial charge in [-0.05, 0) is 24.3 Å². The molecule has 82 valence electrons. The van der Waals surface area contributed by atoms with E-state index in [1.54, 1.807) is 23.9 Å². The van der Waals surface area contributed by atoms with Gasteiger partial charge >= 0.3 is 0 Å². The van der Waals surface area contributed by atoms with Gasteiger partial charge in [-0.3, -0.25) is 10.1 Å². The number of nitro groups is 1. The van der Waals surface area contributed by atoms with Crippen molar-refractivity contribution >= 4 is 34.7 Å². The van der Waals surface area contributed by atoms with Crippen LogP contribution in [0.1, 0.15) is 6.42 Å². The van der Waals surface area contributed by atoms with Crippen molar-refractivity contribution in [2.24, 2.45) is 0 Å². The molecule has 1 aromatic carbocycles. The van der Waals surface area contributed by atoms with Crippen LogP contribution in [0.2, 0.25) is 0 Å². The maximum absolute atomic E-state index is 10.6. The van der Waals surface area contributed by atoms with Crippen LogP contribution >= 0.6 is 23.4 Å². The van der Waals surface area contributed by atoms with Crippen molar-refractivity contribution in [2.75, 3.05) is 17.4 Å². The predicted molar refractivity (Wildman–Crippen MR) is 63.6 cm³/mol. The first-order chi connectivity index (χ1) is 7.15. The molecule has 0 saturated carbocycles. The number of halogens is 1. The van der Waals surface area contributed by atoms with Crippen LogP contribution in [0.4, 0.5) is 11.4 Å². The van der Waals surface area contributed by atoms with Crippen molar-refractivity contribution in [2.45, 2.75) is 11.3 Å². The van der Waals surface area contributed by atoms with Crippen LogP contribution in [-0.2, 0) is 0 Å². The van der Waals surface area contributed by atoms with Crippen molar-refractivity contribution in [3.63, 3.8) is 0 Å². The Kier molecular flexibility index (Phi) is 4.71. The van der Waals surface area contributed by atoms with E-state index in [9.17, 15) is 10.1 Å². The van der Waals surface area contributed by atoms with Crippen LogP contribution in [0.5, 0.6) is 0 Å². The minimum atomic E-state index is -0.471. The normalized spacial score (nSPS) is 10.2. The SMILES string of the molecule is Nc1ccc(SCCCCl)cc1[N+](=O)[O-]. The third kappa shape index (κ3) is 3.60. The molecule has 1 rings (SSSR count). The molecular formula is C9H11ClN2O2S. The summed E-state index contributed by atoms with van der Waals surface area (Å²) in [5.74, 6) is 1.45. The summed E-state index contributed by atoms with van der Waals surface area (Å²) in [5.41, 5.74) is 5.63. The molecule has 0 bridgehead atoms. The molecular weight excluding hydrogens is 236 g/mol. The molecule has 0 aliphatic heterocycles. The monoisotopic (exact) mass is 246 g/mol.